The largest absolute Gasteiger partial charge is 0.0741 e. The summed E-state index contributed by atoms with van der Waals surface area (Å²) in [6.07, 6.45) is 9.79. The number of allylic oxidation sites excluding steroid dienone is 2. The average Bonchev–Trinajstić information content (AvgIpc) is 2.16. The first kappa shape index (κ1) is 12.7. The first-order valence-electron chi connectivity index (χ1n) is 6.02. The zero-order chi connectivity index (χ0) is 10.1. The molecular weight excluding hydrogens is 156 g/mol. The van der Waals surface area contributed by atoms with E-state index in [0.717, 1.165) is 0 Å². The Kier molecular flexibility index (Phi) is 8.18. The lowest BCUT2D eigenvalue weighted by atomic mass is 9.93. The molecule has 0 saturated carbocycles. The first-order chi connectivity index (χ1) is 6.34. The third kappa shape index (κ3) is 5.13. The molecule has 0 aromatic heterocycles. The van der Waals surface area contributed by atoms with Gasteiger partial charge in [-0.2, -0.15) is 0 Å². The molecule has 0 unspecified atom stereocenters. The van der Waals surface area contributed by atoms with Crippen molar-refractivity contribution < 1.29 is 0 Å². The van der Waals surface area contributed by atoms with E-state index in [1.165, 1.54) is 44.9 Å². The highest BCUT2D eigenvalue weighted by Crippen LogP contribution is 2.24. The van der Waals surface area contributed by atoms with Crippen LogP contribution in [0.15, 0.2) is 11.1 Å². The van der Waals surface area contributed by atoms with Crippen LogP contribution < -0.4 is 0 Å². The Morgan fingerprint density at radius 2 is 1.46 bits per heavy atom. The summed E-state index contributed by atoms with van der Waals surface area (Å²) in [4.78, 5) is 0. The molecule has 1 aliphatic rings. The molecule has 0 amide bonds. The van der Waals surface area contributed by atoms with E-state index in [-0.39, 0.29) is 0 Å². The molecule has 0 aliphatic heterocycles. The zero-order valence-corrected chi connectivity index (χ0v) is 9.95. The third-order valence-electron chi connectivity index (χ3n) is 2.81. The van der Waals surface area contributed by atoms with Crippen molar-refractivity contribution in [1.29, 1.82) is 0 Å². The Bertz CT molecular complexity index is 142. The van der Waals surface area contributed by atoms with Crippen LogP contribution in [-0.2, 0) is 0 Å². The Labute approximate surface area is 84.4 Å². The highest BCUT2D eigenvalue weighted by Gasteiger charge is 2.04. The molecule has 0 N–H and O–H groups in total. The zero-order valence-electron chi connectivity index (χ0n) is 9.95. The monoisotopic (exact) mass is 182 g/mol. The Morgan fingerprint density at radius 1 is 0.923 bits per heavy atom. The molecule has 0 spiro atoms. The standard InChI is InChI=1S/C11H20.C2H6/c1-3-11-9-7-5-4-6-8-10(11)2;1-2/h3-9H2,1-2H3;1-2H3/b11-10-;. The second-order valence-corrected chi connectivity index (χ2v) is 3.65. The summed E-state index contributed by atoms with van der Waals surface area (Å²) >= 11 is 0. The Morgan fingerprint density at radius 3 is 2.00 bits per heavy atom. The van der Waals surface area contributed by atoms with Crippen molar-refractivity contribution in [1.82, 2.24) is 0 Å². The molecular formula is C13H26. The van der Waals surface area contributed by atoms with E-state index in [2.05, 4.69) is 13.8 Å². The third-order valence-corrected chi connectivity index (χ3v) is 2.81. The summed E-state index contributed by atoms with van der Waals surface area (Å²) in [5.74, 6) is 0. The van der Waals surface area contributed by atoms with Gasteiger partial charge in [0.2, 0.25) is 0 Å². The molecule has 78 valence electrons. The summed E-state index contributed by atoms with van der Waals surface area (Å²) in [5.41, 5.74) is 3.43. The molecule has 1 aliphatic carbocycles. The van der Waals surface area contributed by atoms with Crippen LogP contribution in [0, 0.1) is 0 Å². The van der Waals surface area contributed by atoms with E-state index in [9.17, 15) is 0 Å². The lowest BCUT2D eigenvalue weighted by Gasteiger charge is -2.13. The van der Waals surface area contributed by atoms with Crippen LogP contribution in [0.3, 0.4) is 0 Å². The van der Waals surface area contributed by atoms with Gasteiger partial charge in [-0.1, -0.05) is 44.8 Å². The molecule has 0 aromatic carbocycles. The van der Waals surface area contributed by atoms with Crippen LogP contribution in [0.5, 0.6) is 0 Å². The maximum absolute atomic E-state index is 2.32. The summed E-state index contributed by atoms with van der Waals surface area (Å²) in [6, 6.07) is 0. The maximum atomic E-state index is 2.32. The SMILES string of the molecule is CC.CC/C1=C(\C)CCCCCC1. The molecule has 0 radical (unpaired) electrons. The van der Waals surface area contributed by atoms with Gasteiger partial charge < -0.3 is 0 Å². The van der Waals surface area contributed by atoms with Crippen molar-refractivity contribution in [3.05, 3.63) is 11.1 Å². The molecule has 1 rings (SSSR count). The van der Waals surface area contributed by atoms with Crippen LogP contribution in [0.1, 0.15) is 72.6 Å². The van der Waals surface area contributed by atoms with Crippen LogP contribution >= 0.6 is 0 Å². The number of rotatable bonds is 1. The van der Waals surface area contributed by atoms with Crippen molar-refractivity contribution in [2.24, 2.45) is 0 Å². The fourth-order valence-corrected chi connectivity index (χ4v) is 1.95. The normalized spacial score (nSPS) is 24.0. The van der Waals surface area contributed by atoms with Crippen molar-refractivity contribution in [3.8, 4) is 0 Å². The van der Waals surface area contributed by atoms with E-state index in [4.69, 9.17) is 0 Å². The van der Waals surface area contributed by atoms with Gasteiger partial charge in [0.05, 0.1) is 0 Å². The Hall–Kier alpha value is -0.260. The van der Waals surface area contributed by atoms with Crippen molar-refractivity contribution in [3.63, 3.8) is 0 Å². The summed E-state index contributed by atoms with van der Waals surface area (Å²) in [7, 11) is 0. The van der Waals surface area contributed by atoms with Crippen molar-refractivity contribution in [2.75, 3.05) is 0 Å². The number of hydrogen-bond donors (Lipinski definition) is 0. The Balaban J connectivity index is 0.000000671. The fourth-order valence-electron chi connectivity index (χ4n) is 1.95. The van der Waals surface area contributed by atoms with Gasteiger partial charge in [0.1, 0.15) is 0 Å². The molecule has 0 bridgehead atoms. The summed E-state index contributed by atoms with van der Waals surface area (Å²) < 4.78 is 0. The highest BCUT2D eigenvalue weighted by molar-refractivity contribution is 5.12. The summed E-state index contributed by atoms with van der Waals surface area (Å²) in [6.45, 7) is 8.62. The highest BCUT2D eigenvalue weighted by atomic mass is 14.1. The lowest BCUT2D eigenvalue weighted by Crippen LogP contribution is -1.93. The minimum absolute atomic E-state index is 1.28. The van der Waals surface area contributed by atoms with Gasteiger partial charge in [-0.05, 0) is 39.0 Å². The quantitative estimate of drug-likeness (QED) is 0.495. The van der Waals surface area contributed by atoms with Gasteiger partial charge in [0.25, 0.3) is 0 Å². The predicted octanol–water partition coefficient (Wildman–Crippen LogP) is 5.09. The molecule has 0 heteroatoms. The minimum Gasteiger partial charge on any atom is -0.0741 e. The topological polar surface area (TPSA) is 0 Å². The van der Waals surface area contributed by atoms with E-state index in [0.29, 0.717) is 0 Å². The van der Waals surface area contributed by atoms with Crippen LogP contribution in [0.25, 0.3) is 0 Å². The molecule has 0 fully saturated rings. The number of hydrogen-bond acceptors (Lipinski definition) is 0. The van der Waals surface area contributed by atoms with Gasteiger partial charge in [0, 0.05) is 0 Å². The minimum atomic E-state index is 1.28. The molecule has 0 atom stereocenters. The van der Waals surface area contributed by atoms with E-state index in [1.54, 1.807) is 11.1 Å². The van der Waals surface area contributed by atoms with Gasteiger partial charge in [-0.15, -0.1) is 0 Å². The first-order valence-corrected chi connectivity index (χ1v) is 6.02. The van der Waals surface area contributed by atoms with Crippen LogP contribution in [0.4, 0.5) is 0 Å². The van der Waals surface area contributed by atoms with Gasteiger partial charge >= 0.3 is 0 Å². The molecule has 0 saturated heterocycles. The van der Waals surface area contributed by atoms with Gasteiger partial charge in [-0.3, -0.25) is 0 Å². The summed E-state index contributed by atoms with van der Waals surface area (Å²) in [5, 5.41) is 0. The molecule has 0 nitrogen and oxygen atoms in total. The second kappa shape index (κ2) is 8.34. The van der Waals surface area contributed by atoms with E-state index in [1.807, 2.05) is 13.8 Å². The average molecular weight is 182 g/mol. The molecule has 13 heavy (non-hydrogen) atoms. The second-order valence-electron chi connectivity index (χ2n) is 3.65. The molecule has 0 heterocycles. The van der Waals surface area contributed by atoms with Crippen LogP contribution in [-0.4, -0.2) is 0 Å². The van der Waals surface area contributed by atoms with Crippen molar-refractivity contribution >= 4 is 0 Å². The van der Waals surface area contributed by atoms with E-state index >= 15 is 0 Å². The van der Waals surface area contributed by atoms with E-state index < -0.39 is 0 Å². The lowest BCUT2D eigenvalue weighted by molar-refractivity contribution is 0.603. The van der Waals surface area contributed by atoms with Crippen LogP contribution in [0.2, 0.25) is 0 Å². The predicted molar refractivity (Wildman–Crippen MR) is 62.0 cm³/mol. The smallest absolute Gasteiger partial charge is 0.0318 e. The fraction of sp³-hybridized carbons (Fsp3) is 0.846. The van der Waals surface area contributed by atoms with Gasteiger partial charge in [-0.25, -0.2) is 0 Å². The maximum Gasteiger partial charge on any atom is -0.0318 e. The van der Waals surface area contributed by atoms with Gasteiger partial charge in [0.15, 0.2) is 0 Å². The van der Waals surface area contributed by atoms with Crippen molar-refractivity contribution in [2.45, 2.75) is 72.6 Å². The molecule has 0 aromatic rings.